The minimum atomic E-state index is -0.256. The minimum Gasteiger partial charge on any atom is -0.483 e. The number of amides is 1. The highest BCUT2D eigenvalue weighted by molar-refractivity contribution is 7.21. The lowest BCUT2D eigenvalue weighted by atomic mass is 10.2. The van der Waals surface area contributed by atoms with Gasteiger partial charge in [0.2, 0.25) is 0 Å². The maximum atomic E-state index is 12.4. The number of benzene rings is 1. The SMILES string of the molecule is Cc1nc2c(cc(OCC(=O)Nc3ccn(Cc4ccncc4)n3)c3ccsc32)s1. The molecular formula is C21H17N5O2S2. The molecule has 0 saturated carbocycles. The van der Waals surface area contributed by atoms with Crippen LogP contribution in [-0.4, -0.2) is 32.3 Å². The lowest BCUT2D eigenvalue weighted by Crippen LogP contribution is -2.20. The van der Waals surface area contributed by atoms with Gasteiger partial charge >= 0.3 is 0 Å². The summed E-state index contributed by atoms with van der Waals surface area (Å²) in [7, 11) is 0. The molecule has 0 atom stereocenters. The summed E-state index contributed by atoms with van der Waals surface area (Å²) in [5.41, 5.74) is 2.09. The van der Waals surface area contributed by atoms with Crippen LogP contribution in [0.5, 0.6) is 5.75 Å². The highest BCUT2D eigenvalue weighted by Crippen LogP contribution is 2.38. The van der Waals surface area contributed by atoms with Crippen molar-refractivity contribution in [1.82, 2.24) is 19.7 Å². The second-order valence-electron chi connectivity index (χ2n) is 6.71. The number of rotatable bonds is 6. The van der Waals surface area contributed by atoms with Gasteiger partial charge < -0.3 is 10.1 Å². The van der Waals surface area contributed by atoms with Gasteiger partial charge in [-0.1, -0.05) is 0 Å². The molecule has 0 spiro atoms. The first-order chi connectivity index (χ1) is 14.7. The molecule has 150 valence electrons. The molecule has 0 aliphatic carbocycles. The molecule has 4 aromatic heterocycles. The Morgan fingerprint density at radius 2 is 2.10 bits per heavy atom. The standard InChI is InChI=1S/C21H17N5O2S2/c1-13-23-20-17(30-13)10-16(15-5-9-29-21(15)20)28-12-19(27)24-18-4-8-26(25-18)11-14-2-6-22-7-3-14/h2-10H,11-12H2,1H3,(H,24,25,27). The van der Waals surface area contributed by atoms with E-state index in [1.807, 2.05) is 42.8 Å². The van der Waals surface area contributed by atoms with Crippen LogP contribution in [0.1, 0.15) is 10.6 Å². The minimum absolute atomic E-state index is 0.0918. The molecule has 0 aliphatic rings. The van der Waals surface area contributed by atoms with Gasteiger partial charge in [0.05, 0.1) is 26.5 Å². The van der Waals surface area contributed by atoms with Gasteiger partial charge in [0.15, 0.2) is 12.4 Å². The molecule has 4 heterocycles. The summed E-state index contributed by atoms with van der Waals surface area (Å²) < 4.78 is 9.78. The van der Waals surface area contributed by atoms with Crippen molar-refractivity contribution in [3.05, 3.63) is 64.9 Å². The molecule has 5 rings (SSSR count). The summed E-state index contributed by atoms with van der Waals surface area (Å²) in [6.07, 6.45) is 5.31. The second kappa shape index (κ2) is 7.85. The number of carbonyl (C=O) groups is 1. The average Bonchev–Trinajstić information content (AvgIpc) is 3.46. The van der Waals surface area contributed by atoms with E-state index in [1.165, 1.54) is 0 Å². The second-order valence-corrected chi connectivity index (χ2v) is 8.86. The Labute approximate surface area is 180 Å². The highest BCUT2D eigenvalue weighted by Gasteiger charge is 2.14. The topological polar surface area (TPSA) is 81.9 Å². The van der Waals surface area contributed by atoms with Crippen LogP contribution in [0.25, 0.3) is 20.3 Å². The Morgan fingerprint density at radius 1 is 1.23 bits per heavy atom. The van der Waals surface area contributed by atoms with Crippen molar-refractivity contribution < 1.29 is 9.53 Å². The van der Waals surface area contributed by atoms with Crippen LogP contribution in [0.3, 0.4) is 0 Å². The predicted molar refractivity (Wildman–Crippen MR) is 119 cm³/mol. The molecule has 9 heteroatoms. The monoisotopic (exact) mass is 435 g/mol. The Morgan fingerprint density at radius 3 is 2.97 bits per heavy atom. The van der Waals surface area contributed by atoms with Crippen molar-refractivity contribution in [1.29, 1.82) is 0 Å². The maximum absolute atomic E-state index is 12.4. The van der Waals surface area contributed by atoms with Crippen LogP contribution in [0.2, 0.25) is 0 Å². The van der Waals surface area contributed by atoms with E-state index in [9.17, 15) is 4.79 Å². The highest BCUT2D eigenvalue weighted by atomic mass is 32.1. The molecule has 1 amide bonds. The summed E-state index contributed by atoms with van der Waals surface area (Å²) in [6.45, 7) is 2.51. The van der Waals surface area contributed by atoms with Gasteiger partial charge in [-0.2, -0.15) is 5.10 Å². The number of carbonyl (C=O) groups excluding carboxylic acids is 1. The van der Waals surface area contributed by atoms with E-state index in [4.69, 9.17) is 4.74 Å². The van der Waals surface area contributed by atoms with E-state index >= 15 is 0 Å². The van der Waals surface area contributed by atoms with Gasteiger partial charge in [0.25, 0.3) is 5.91 Å². The van der Waals surface area contributed by atoms with E-state index in [-0.39, 0.29) is 12.5 Å². The van der Waals surface area contributed by atoms with Crippen LogP contribution < -0.4 is 10.1 Å². The Hall–Kier alpha value is -3.30. The lowest BCUT2D eigenvalue weighted by molar-refractivity contribution is -0.118. The lowest BCUT2D eigenvalue weighted by Gasteiger charge is -2.08. The summed E-state index contributed by atoms with van der Waals surface area (Å²) in [5.74, 6) is 0.931. The summed E-state index contributed by atoms with van der Waals surface area (Å²) in [4.78, 5) is 21.0. The number of nitrogens with zero attached hydrogens (tertiary/aromatic N) is 4. The molecule has 0 unspecified atom stereocenters. The quantitative estimate of drug-likeness (QED) is 0.425. The Balaban J connectivity index is 1.26. The van der Waals surface area contributed by atoms with E-state index in [0.29, 0.717) is 18.1 Å². The average molecular weight is 436 g/mol. The normalized spacial score (nSPS) is 11.2. The van der Waals surface area contributed by atoms with Gasteiger partial charge in [-0.05, 0) is 36.1 Å². The molecule has 0 saturated heterocycles. The number of aryl methyl sites for hydroxylation is 1. The van der Waals surface area contributed by atoms with Crippen molar-refractivity contribution >= 4 is 54.7 Å². The molecule has 0 fully saturated rings. The number of ether oxygens (including phenoxy) is 1. The molecule has 1 N–H and O–H groups in total. The fourth-order valence-corrected chi connectivity index (χ4v) is 5.05. The first-order valence-electron chi connectivity index (χ1n) is 9.28. The van der Waals surface area contributed by atoms with Crippen molar-refractivity contribution in [3.63, 3.8) is 0 Å². The molecular weight excluding hydrogens is 418 g/mol. The van der Waals surface area contributed by atoms with Crippen molar-refractivity contribution in [2.24, 2.45) is 0 Å². The first-order valence-corrected chi connectivity index (χ1v) is 11.0. The number of thiazole rings is 1. The summed E-state index contributed by atoms with van der Waals surface area (Å²) >= 11 is 3.25. The zero-order chi connectivity index (χ0) is 20.5. The Bertz CT molecular complexity index is 1340. The van der Waals surface area contributed by atoms with E-state index in [2.05, 4.69) is 20.4 Å². The zero-order valence-electron chi connectivity index (χ0n) is 16.0. The fraction of sp³-hybridized carbons (Fsp3) is 0.143. The van der Waals surface area contributed by atoms with Crippen LogP contribution in [0, 0.1) is 6.92 Å². The molecule has 5 aromatic rings. The Kier molecular flexibility index (Phi) is 4.89. The summed E-state index contributed by atoms with van der Waals surface area (Å²) in [5, 5.41) is 11.2. The molecule has 0 aliphatic heterocycles. The first kappa shape index (κ1) is 18.7. The molecule has 0 radical (unpaired) electrons. The number of hydrogen-bond donors (Lipinski definition) is 1. The number of pyridine rings is 1. The number of fused-ring (bicyclic) bond motifs is 3. The van der Waals surface area contributed by atoms with Crippen molar-refractivity contribution in [3.8, 4) is 5.75 Å². The van der Waals surface area contributed by atoms with Crippen molar-refractivity contribution in [2.75, 3.05) is 11.9 Å². The molecule has 7 nitrogen and oxygen atoms in total. The van der Waals surface area contributed by atoms with Gasteiger partial charge in [0.1, 0.15) is 5.75 Å². The molecule has 30 heavy (non-hydrogen) atoms. The van der Waals surface area contributed by atoms with Crippen LogP contribution >= 0.6 is 22.7 Å². The number of hydrogen-bond acceptors (Lipinski definition) is 7. The van der Waals surface area contributed by atoms with E-state index in [1.54, 1.807) is 45.8 Å². The number of nitrogens with one attached hydrogen (secondary N) is 1. The van der Waals surface area contributed by atoms with Crippen molar-refractivity contribution in [2.45, 2.75) is 13.5 Å². The number of aromatic nitrogens is 4. The van der Waals surface area contributed by atoms with Crippen LogP contribution in [0.4, 0.5) is 5.82 Å². The zero-order valence-corrected chi connectivity index (χ0v) is 17.7. The van der Waals surface area contributed by atoms with Crippen LogP contribution in [0.15, 0.2) is 54.3 Å². The predicted octanol–water partition coefficient (Wildman–Crippen LogP) is 4.48. The third kappa shape index (κ3) is 3.77. The third-order valence-electron chi connectivity index (χ3n) is 4.53. The van der Waals surface area contributed by atoms with E-state index in [0.717, 1.165) is 30.9 Å². The molecule has 1 aromatic carbocycles. The largest absolute Gasteiger partial charge is 0.483 e. The van der Waals surface area contributed by atoms with E-state index < -0.39 is 0 Å². The maximum Gasteiger partial charge on any atom is 0.263 e. The van der Waals surface area contributed by atoms with Gasteiger partial charge in [-0.25, -0.2) is 4.98 Å². The fourth-order valence-electron chi connectivity index (χ4n) is 3.22. The van der Waals surface area contributed by atoms with Gasteiger partial charge in [-0.3, -0.25) is 14.5 Å². The smallest absolute Gasteiger partial charge is 0.263 e. The van der Waals surface area contributed by atoms with Gasteiger partial charge in [0, 0.05) is 36.1 Å². The third-order valence-corrected chi connectivity index (χ3v) is 6.37. The van der Waals surface area contributed by atoms with Gasteiger partial charge in [-0.15, -0.1) is 22.7 Å². The number of thiophene rings is 1. The molecule has 0 bridgehead atoms. The van der Waals surface area contributed by atoms with Crippen LogP contribution in [-0.2, 0) is 11.3 Å². The summed E-state index contributed by atoms with van der Waals surface area (Å²) in [6, 6.07) is 9.59. The number of anilines is 1.